The molecule has 0 radical (unpaired) electrons. The summed E-state index contributed by atoms with van der Waals surface area (Å²) in [7, 11) is 0. The number of benzene rings is 1. The van der Waals surface area contributed by atoms with E-state index in [1.807, 2.05) is 6.92 Å². The van der Waals surface area contributed by atoms with Crippen LogP contribution in [0, 0.1) is 11.6 Å². The van der Waals surface area contributed by atoms with E-state index in [4.69, 9.17) is 11.6 Å². The van der Waals surface area contributed by atoms with Crippen molar-refractivity contribution in [1.29, 1.82) is 0 Å². The Bertz CT molecular complexity index is 378. The van der Waals surface area contributed by atoms with Crippen LogP contribution >= 0.6 is 11.6 Å². The molecular formula is C12H14ClF2NO. The molecule has 1 atom stereocenters. The third-order valence-electron chi connectivity index (χ3n) is 2.31. The molecule has 1 aromatic carbocycles. The van der Waals surface area contributed by atoms with Crippen molar-refractivity contribution >= 4 is 17.5 Å². The van der Waals surface area contributed by atoms with Gasteiger partial charge >= 0.3 is 0 Å². The third kappa shape index (κ3) is 4.69. The minimum Gasteiger partial charge on any atom is -0.352 e. The van der Waals surface area contributed by atoms with Gasteiger partial charge in [0.15, 0.2) is 0 Å². The highest BCUT2D eigenvalue weighted by molar-refractivity contribution is 6.20. The van der Waals surface area contributed by atoms with Gasteiger partial charge in [-0.2, -0.15) is 0 Å². The molecule has 0 aliphatic heterocycles. The zero-order chi connectivity index (χ0) is 12.8. The topological polar surface area (TPSA) is 29.1 Å². The summed E-state index contributed by atoms with van der Waals surface area (Å²) >= 11 is 5.87. The van der Waals surface area contributed by atoms with Crippen molar-refractivity contribution in [1.82, 2.24) is 5.32 Å². The molecule has 17 heavy (non-hydrogen) atoms. The normalized spacial score (nSPS) is 12.2. The predicted molar refractivity (Wildman–Crippen MR) is 63.2 cm³/mol. The number of nitrogens with one attached hydrogen (secondary N) is 1. The Morgan fingerprint density at radius 1 is 1.35 bits per heavy atom. The Kier molecular flexibility index (Phi) is 5.35. The van der Waals surface area contributed by atoms with Crippen molar-refractivity contribution < 1.29 is 13.6 Å². The van der Waals surface area contributed by atoms with Crippen LogP contribution in [-0.2, 0) is 0 Å². The average molecular weight is 262 g/mol. The number of halogens is 3. The Morgan fingerprint density at radius 3 is 2.47 bits per heavy atom. The Hall–Kier alpha value is -1.16. The van der Waals surface area contributed by atoms with E-state index in [1.165, 1.54) is 0 Å². The van der Waals surface area contributed by atoms with E-state index in [1.54, 1.807) is 0 Å². The first-order valence-corrected chi connectivity index (χ1v) is 5.85. The van der Waals surface area contributed by atoms with Gasteiger partial charge in [-0.25, -0.2) is 8.78 Å². The van der Waals surface area contributed by atoms with Gasteiger partial charge in [-0.3, -0.25) is 4.79 Å². The molecule has 0 heterocycles. The maximum Gasteiger partial charge on any atom is 0.251 e. The molecule has 0 fully saturated rings. The maximum absolute atomic E-state index is 12.9. The molecule has 1 amide bonds. The smallest absolute Gasteiger partial charge is 0.251 e. The second-order valence-electron chi connectivity index (χ2n) is 3.71. The lowest BCUT2D eigenvalue weighted by molar-refractivity contribution is 0.0952. The van der Waals surface area contributed by atoms with Crippen molar-refractivity contribution in [2.24, 2.45) is 0 Å². The molecule has 0 saturated heterocycles. The van der Waals surface area contributed by atoms with Gasteiger partial charge in [0.1, 0.15) is 11.6 Å². The van der Waals surface area contributed by atoms with Crippen LogP contribution in [0.25, 0.3) is 0 Å². The lowest BCUT2D eigenvalue weighted by Crippen LogP contribution is -2.26. The summed E-state index contributed by atoms with van der Waals surface area (Å²) in [6.45, 7) is 2.33. The molecule has 0 spiro atoms. The number of carbonyl (C=O) groups is 1. The van der Waals surface area contributed by atoms with Gasteiger partial charge in [-0.05, 0) is 25.0 Å². The summed E-state index contributed by atoms with van der Waals surface area (Å²) in [4.78, 5) is 11.5. The van der Waals surface area contributed by atoms with E-state index in [0.29, 0.717) is 13.0 Å². The van der Waals surface area contributed by atoms with Crippen LogP contribution in [0.1, 0.15) is 30.1 Å². The summed E-state index contributed by atoms with van der Waals surface area (Å²) in [5, 5.41) is 2.56. The molecule has 1 N–H and O–H groups in total. The van der Waals surface area contributed by atoms with Crippen molar-refractivity contribution in [2.45, 2.75) is 25.1 Å². The van der Waals surface area contributed by atoms with Crippen LogP contribution < -0.4 is 5.32 Å². The van der Waals surface area contributed by atoms with Crippen LogP contribution in [0.5, 0.6) is 0 Å². The van der Waals surface area contributed by atoms with Gasteiger partial charge in [0.05, 0.1) is 0 Å². The van der Waals surface area contributed by atoms with E-state index in [9.17, 15) is 13.6 Å². The number of rotatable bonds is 5. The second kappa shape index (κ2) is 6.55. The fourth-order valence-corrected chi connectivity index (χ4v) is 1.44. The lowest BCUT2D eigenvalue weighted by Gasteiger charge is -2.08. The Morgan fingerprint density at radius 2 is 1.94 bits per heavy atom. The number of hydrogen-bond acceptors (Lipinski definition) is 1. The Balaban J connectivity index is 2.52. The van der Waals surface area contributed by atoms with Crippen LogP contribution in [0.15, 0.2) is 18.2 Å². The SMILES string of the molecule is CCC(Cl)CCNC(=O)c1cc(F)cc(F)c1. The van der Waals surface area contributed by atoms with Gasteiger partial charge < -0.3 is 5.32 Å². The van der Waals surface area contributed by atoms with Crippen LogP contribution in [0.2, 0.25) is 0 Å². The van der Waals surface area contributed by atoms with E-state index in [0.717, 1.165) is 24.6 Å². The molecule has 1 rings (SSSR count). The number of amides is 1. The van der Waals surface area contributed by atoms with Gasteiger partial charge in [-0.1, -0.05) is 6.92 Å². The quantitative estimate of drug-likeness (QED) is 0.811. The number of carbonyl (C=O) groups excluding carboxylic acids is 1. The van der Waals surface area contributed by atoms with E-state index < -0.39 is 17.5 Å². The first kappa shape index (κ1) is 13.9. The minimum absolute atomic E-state index is 0.000421. The van der Waals surface area contributed by atoms with E-state index >= 15 is 0 Å². The van der Waals surface area contributed by atoms with Crippen LogP contribution in [0.3, 0.4) is 0 Å². The number of alkyl halides is 1. The van der Waals surface area contributed by atoms with Crippen LogP contribution in [-0.4, -0.2) is 17.8 Å². The van der Waals surface area contributed by atoms with Gasteiger partial charge in [-0.15, -0.1) is 11.6 Å². The summed E-state index contributed by atoms with van der Waals surface area (Å²) in [6, 6.07) is 2.72. The molecule has 0 aromatic heterocycles. The van der Waals surface area contributed by atoms with Gasteiger partial charge in [0.25, 0.3) is 5.91 Å². The van der Waals surface area contributed by atoms with E-state index in [-0.39, 0.29) is 10.9 Å². The molecule has 5 heteroatoms. The largest absolute Gasteiger partial charge is 0.352 e. The summed E-state index contributed by atoms with van der Waals surface area (Å²) in [5.41, 5.74) is -0.0230. The fraction of sp³-hybridized carbons (Fsp3) is 0.417. The maximum atomic E-state index is 12.9. The average Bonchev–Trinajstić information content (AvgIpc) is 2.27. The monoisotopic (exact) mass is 261 g/mol. The van der Waals surface area contributed by atoms with Crippen molar-refractivity contribution in [3.8, 4) is 0 Å². The minimum atomic E-state index is -0.765. The van der Waals surface area contributed by atoms with E-state index in [2.05, 4.69) is 5.32 Å². The van der Waals surface area contributed by atoms with Crippen LogP contribution in [0.4, 0.5) is 8.78 Å². The highest BCUT2D eigenvalue weighted by Gasteiger charge is 2.09. The van der Waals surface area contributed by atoms with Gasteiger partial charge in [0.2, 0.25) is 0 Å². The highest BCUT2D eigenvalue weighted by atomic mass is 35.5. The summed E-state index contributed by atoms with van der Waals surface area (Å²) < 4.78 is 25.7. The zero-order valence-electron chi connectivity index (χ0n) is 9.47. The molecule has 94 valence electrons. The highest BCUT2D eigenvalue weighted by Crippen LogP contribution is 2.08. The summed E-state index contributed by atoms with van der Waals surface area (Å²) in [5.74, 6) is -2.03. The zero-order valence-corrected chi connectivity index (χ0v) is 10.2. The first-order valence-electron chi connectivity index (χ1n) is 5.41. The molecule has 0 saturated carbocycles. The van der Waals surface area contributed by atoms with Crippen molar-refractivity contribution in [2.75, 3.05) is 6.54 Å². The molecular weight excluding hydrogens is 248 g/mol. The molecule has 1 unspecified atom stereocenters. The molecule has 0 aliphatic rings. The van der Waals surface area contributed by atoms with Crippen molar-refractivity contribution in [3.05, 3.63) is 35.4 Å². The first-order chi connectivity index (χ1) is 8.02. The Labute approximate surface area is 104 Å². The van der Waals surface area contributed by atoms with Crippen molar-refractivity contribution in [3.63, 3.8) is 0 Å². The second-order valence-corrected chi connectivity index (χ2v) is 4.33. The standard InChI is InChI=1S/C12H14ClF2NO/c1-2-9(13)3-4-16-12(17)8-5-10(14)7-11(15)6-8/h5-7,9H,2-4H2,1H3,(H,16,17). The predicted octanol–water partition coefficient (Wildman–Crippen LogP) is 3.10. The molecule has 0 bridgehead atoms. The summed E-state index contributed by atoms with van der Waals surface area (Å²) in [6.07, 6.45) is 1.44. The third-order valence-corrected chi connectivity index (χ3v) is 2.84. The number of hydrogen-bond donors (Lipinski definition) is 1. The molecule has 1 aromatic rings. The molecule has 0 aliphatic carbocycles. The fourth-order valence-electron chi connectivity index (χ4n) is 1.33. The lowest BCUT2D eigenvalue weighted by atomic mass is 10.2. The van der Waals surface area contributed by atoms with Gasteiger partial charge in [0, 0.05) is 23.6 Å². The molecule has 2 nitrogen and oxygen atoms in total.